The lowest BCUT2D eigenvalue weighted by Gasteiger charge is -2.24. The van der Waals surface area contributed by atoms with Gasteiger partial charge in [0.05, 0.1) is 22.2 Å². The molecule has 2 N–H and O–H groups in total. The molecule has 0 saturated heterocycles. The molecule has 206 valence electrons. The van der Waals surface area contributed by atoms with E-state index < -0.39 is 64.7 Å². The number of halogens is 11. The number of alkyl halides is 9. The second-order valence-corrected chi connectivity index (χ2v) is 8.35. The number of hydrogen-bond donors (Lipinski definition) is 2. The molecule has 0 heterocycles. The minimum absolute atomic E-state index is 0.111. The molecule has 3 nitrogen and oxygen atoms in total. The van der Waals surface area contributed by atoms with Gasteiger partial charge in [-0.25, -0.2) is 4.39 Å². The Morgan fingerprint density at radius 2 is 1.47 bits per heavy atom. The van der Waals surface area contributed by atoms with E-state index >= 15 is 0 Å². The van der Waals surface area contributed by atoms with Crippen molar-refractivity contribution in [1.29, 1.82) is 0 Å². The van der Waals surface area contributed by atoms with Crippen LogP contribution in [0, 0.1) is 5.82 Å². The number of hydrogen-bond acceptors (Lipinski definition) is 3. The number of benzene rings is 3. The fourth-order valence-corrected chi connectivity index (χ4v) is 3.60. The summed E-state index contributed by atoms with van der Waals surface area (Å²) in [4.78, 5) is 0. The number of nitrogens with one attached hydrogen (secondary N) is 1. The topological polar surface area (TPSA) is 41.5 Å². The van der Waals surface area contributed by atoms with Gasteiger partial charge < -0.3 is 15.2 Å². The van der Waals surface area contributed by atoms with E-state index in [1.165, 1.54) is 18.2 Å². The molecule has 3 rings (SSSR count). The molecule has 38 heavy (non-hydrogen) atoms. The number of rotatable bonds is 7. The van der Waals surface area contributed by atoms with Crippen LogP contribution in [0.4, 0.5) is 43.9 Å². The molecular formula is C24H16ClF10NO2. The zero-order valence-corrected chi connectivity index (χ0v) is 19.4. The van der Waals surface area contributed by atoms with Crippen LogP contribution in [0.2, 0.25) is 5.02 Å². The molecule has 0 aliphatic heterocycles. The van der Waals surface area contributed by atoms with Crippen molar-refractivity contribution in [1.82, 2.24) is 5.32 Å². The minimum Gasteiger partial charge on any atom is -0.457 e. The van der Waals surface area contributed by atoms with Crippen molar-refractivity contribution in [2.24, 2.45) is 0 Å². The van der Waals surface area contributed by atoms with E-state index in [9.17, 15) is 49.0 Å². The zero-order chi connectivity index (χ0) is 28.5. The maximum absolute atomic E-state index is 14.7. The van der Waals surface area contributed by atoms with Gasteiger partial charge in [0, 0.05) is 12.1 Å². The summed E-state index contributed by atoms with van der Waals surface area (Å²) in [7, 11) is 0. The highest BCUT2D eigenvalue weighted by molar-refractivity contribution is 6.31. The molecule has 0 amide bonds. The van der Waals surface area contributed by atoms with Gasteiger partial charge in [-0.15, -0.1) is 0 Å². The highest BCUT2D eigenvalue weighted by Gasteiger charge is 2.39. The molecule has 3 aromatic carbocycles. The fraction of sp³-hybridized carbons (Fsp3) is 0.250. The van der Waals surface area contributed by atoms with Gasteiger partial charge in [0.1, 0.15) is 17.3 Å². The summed E-state index contributed by atoms with van der Waals surface area (Å²) in [6.07, 6.45) is -17.7. The third kappa shape index (κ3) is 7.29. The first-order chi connectivity index (χ1) is 17.5. The van der Waals surface area contributed by atoms with Gasteiger partial charge in [-0.3, -0.25) is 0 Å². The molecule has 0 spiro atoms. The van der Waals surface area contributed by atoms with E-state index in [0.717, 1.165) is 18.2 Å². The average molecular weight is 576 g/mol. The Morgan fingerprint density at radius 3 is 2.08 bits per heavy atom. The van der Waals surface area contributed by atoms with Crippen molar-refractivity contribution in [3.05, 3.63) is 93.8 Å². The van der Waals surface area contributed by atoms with Crippen molar-refractivity contribution >= 4 is 11.6 Å². The van der Waals surface area contributed by atoms with E-state index in [2.05, 4.69) is 5.32 Å². The monoisotopic (exact) mass is 575 g/mol. The Kier molecular flexibility index (Phi) is 8.54. The molecule has 0 fully saturated rings. The molecule has 0 aliphatic rings. The van der Waals surface area contributed by atoms with E-state index in [1.54, 1.807) is 0 Å². The standard InChI is InChI=1S/C24H16ClF10NO2/c25-18-6-5-15(10-17(18)23(30,31)32)38-14-3-1-2-12(8-14)21(36-11-20(37)24(33,34)35)16-9-13(22(27,28)29)4-7-19(16)26/h1-10,20-21,36-37H,11H2/t20-,21?/m1/s1. The maximum Gasteiger partial charge on any atom is 0.417 e. The van der Waals surface area contributed by atoms with Gasteiger partial charge in [0.2, 0.25) is 0 Å². The van der Waals surface area contributed by atoms with E-state index in [1.807, 2.05) is 0 Å². The van der Waals surface area contributed by atoms with Crippen LogP contribution in [0.5, 0.6) is 11.5 Å². The second kappa shape index (κ2) is 11.0. The van der Waals surface area contributed by atoms with Crippen molar-refractivity contribution in [2.45, 2.75) is 30.7 Å². The molecule has 0 aliphatic carbocycles. The number of aliphatic hydroxyl groups is 1. The van der Waals surface area contributed by atoms with Gasteiger partial charge in [-0.05, 0) is 54.1 Å². The van der Waals surface area contributed by atoms with Crippen LogP contribution >= 0.6 is 11.6 Å². The third-order valence-electron chi connectivity index (χ3n) is 5.20. The highest BCUT2D eigenvalue weighted by Crippen LogP contribution is 2.39. The Bertz CT molecular complexity index is 1270. The lowest BCUT2D eigenvalue weighted by molar-refractivity contribution is -0.202. The smallest absolute Gasteiger partial charge is 0.417 e. The first kappa shape index (κ1) is 29.5. The molecule has 0 radical (unpaired) electrons. The van der Waals surface area contributed by atoms with E-state index in [0.29, 0.717) is 24.3 Å². The van der Waals surface area contributed by atoms with Crippen LogP contribution in [0.3, 0.4) is 0 Å². The summed E-state index contributed by atoms with van der Waals surface area (Å²) in [5.74, 6) is -1.70. The molecule has 0 bridgehead atoms. The van der Waals surface area contributed by atoms with Gasteiger partial charge in [0.15, 0.2) is 6.10 Å². The van der Waals surface area contributed by atoms with Gasteiger partial charge in [0.25, 0.3) is 0 Å². The molecule has 14 heteroatoms. The predicted molar refractivity (Wildman–Crippen MR) is 116 cm³/mol. The van der Waals surface area contributed by atoms with Crippen LogP contribution in [-0.2, 0) is 12.4 Å². The maximum atomic E-state index is 14.7. The Balaban J connectivity index is 2.02. The lowest BCUT2D eigenvalue weighted by Crippen LogP contribution is -2.40. The van der Waals surface area contributed by atoms with Crippen molar-refractivity contribution < 1.29 is 53.7 Å². The summed E-state index contributed by atoms with van der Waals surface area (Å²) >= 11 is 5.57. The Morgan fingerprint density at radius 1 is 0.816 bits per heavy atom. The number of aliphatic hydroxyl groups excluding tert-OH is 1. The van der Waals surface area contributed by atoms with Gasteiger partial charge in [-0.1, -0.05) is 23.7 Å². The Hall–Kier alpha value is -3.03. The van der Waals surface area contributed by atoms with Crippen LogP contribution in [-0.4, -0.2) is 23.9 Å². The van der Waals surface area contributed by atoms with Crippen molar-refractivity contribution in [3.8, 4) is 11.5 Å². The summed E-state index contributed by atoms with van der Waals surface area (Å²) in [6, 6.07) is 7.07. The predicted octanol–water partition coefficient (Wildman–Crippen LogP) is 7.91. The quantitative estimate of drug-likeness (QED) is 0.281. The van der Waals surface area contributed by atoms with Crippen molar-refractivity contribution in [3.63, 3.8) is 0 Å². The summed E-state index contributed by atoms with van der Waals surface area (Å²) < 4.78 is 138. The summed E-state index contributed by atoms with van der Waals surface area (Å²) in [5, 5.41) is 11.0. The molecule has 3 aromatic rings. The third-order valence-corrected chi connectivity index (χ3v) is 5.53. The summed E-state index contributed by atoms with van der Waals surface area (Å²) in [5.41, 5.74) is -3.30. The Labute approximate surface area is 213 Å². The van der Waals surface area contributed by atoms with Crippen LogP contribution < -0.4 is 10.1 Å². The molecule has 0 saturated carbocycles. The molecule has 0 aromatic heterocycles. The van der Waals surface area contributed by atoms with Crippen LogP contribution in [0.25, 0.3) is 0 Å². The van der Waals surface area contributed by atoms with E-state index in [4.69, 9.17) is 16.3 Å². The van der Waals surface area contributed by atoms with Gasteiger partial charge in [-0.2, -0.15) is 39.5 Å². The molecule has 2 atom stereocenters. The van der Waals surface area contributed by atoms with E-state index in [-0.39, 0.29) is 17.1 Å². The molecular weight excluding hydrogens is 560 g/mol. The summed E-state index contributed by atoms with van der Waals surface area (Å²) in [6.45, 7) is -1.22. The molecule has 1 unspecified atom stereocenters. The highest BCUT2D eigenvalue weighted by atomic mass is 35.5. The SMILES string of the molecule is O[C@H](CNC(c1cccc(Oc2ccc(Cl)c(C(F)(F)F)c2)c1)c1cc(C(F)(F)F)ccc1F)C(F)(F)F. The van der Waals surface area contributed by atoms with Gasteiger partial charge >= 0.3 is 18.5 Å². The fourth-order valence-electron chi connectivity index (χ4n) is 3.37. The second-order valence-electron chi connectivity index (χ2n) is 7.95. The number of ether oxygens (including phenoxy) is 1. The first-order valence-electron chi connectivity index (χ1n) is 10.5. The first-order valence-corrected chi connectivity index (χ1v) is 10.8. The normalized spacial score (nSPS) is 14.3. The lowest BCUT2D eigenvalue weighted by atomic mass is 9.95. The largest absolute Gasteiger partial charge is 0.457 e. The minimum atomic E-state index is -5.08. The van der Waals surface area contributed by atoms with Crippen molar-refractivity contribution in [2.75, 3.05) is 6.54 Å². The van der Waals surface area contributed by atoms with Crippen LogP contribution in [0.15, 0.2) is 60.7 Å². The van der Waals surface area contributed by atoms with Crippen LogP contribution in [0.1, 0.15) is 28.3 Å². The zero-order valence-electron chi connectivity index (χ0n) is 18.6. The average Bonchev–Trinajstić information content (AvgIpc) is 2.79.